The van der Waals surface area contributed by atoms with Crippen molar-refractivity contribution < 1.29 is 14.8 Å². The minimum Gasteiger partial charge on any atom is -0.481 e. The second kappa shape index (κ2) is 5.82. The van der Waals surface area contributed by atoms with Crippen molar-refractivity contribution in [3.63, 3.8) is 0 Å². The summed E-state index contributed by atoms with van der Waals surface area (Å²) in [6.45, 7) is 2.26. The van der Waals surface area contributed by atoms with E-state index in [1.165, 1.54) is 6.20 Å². The number of aliphatic carboxylic acids is 1. The molecule has 0 bridgehead atoms. The first-order valence-electron chi connectivity index (χ1n) is 6.40. The number of carbonyl (C=O) groups is 1. The number of hydrogen-bond donors (Lipinski definition) is 1. The number of hydrogen-bond acceptors (Lipinski definition) is 5. The molecule has 7 nitrogen and oxygen atoms in total. The molecule has 2 rings (SSSR count). The van der Waals surface area contributed by atoms with E-state index in [1.807, 2.05) is 0 Å². The summed E-state index contributed by atoms with van der Waals surface area (Å²) in [5.41, 5.74) is -0.0353. The molecule has 0 aliphatic heterocycles. The molecule has 110 valence electrons. The lowest BCUT2D eigenvalue weighted by Gasteiger charge is -2.11. The van der Waals surface area contributed by atoms with Crippen molar-refractivity contribution in [3.05, 3.63) is 22.1 Å². The molecule has 0 aromatic carbocycles. The Morgan fingerprint density at radius 1 is 1.65 bits per heavy atom. The van der Waals surface area contributed by atoms with Crippen LogP contribution in [0.1, 0.15) is 25.1 Å². The van der Waals surface area contributed by atoms with Crippen LogP contribution in [0.3, 0.4) is 0 Å². The Labute approximate surface area is 120 Å². The normalized spacial score (nSPS) is 16.1. The van der Waals surface area contributed by atoms with Gasteiger partial charge in [0.15, 0.2) is 5.82 Å². The molecule has 1 aliphatic rings. The Hall–Kier alpha value is -1.57. The van der Waals surface area contributed by atoms with E-state index in [4.69, 9.17) is 5.11 Å². The summed E-state index contributed by atoms with van der Waals surface area (Å²) in [5, 5.41) is 19.7. The van der Waals surface area contributed by atoms with Gasteiger partial charge >= 0.3 is 11.8 Å². The lowest BCUT2D eigenvalue weighted by molar-refractivity contribution is -0.392. The van der Waals surface area contributed by atoms with Crippen LogP contribution in [0.15, 0.2) is 6.20 Å². The lowest BCUT2D eigenvalue weighted by Crippen LogP contribution is -2.12. The molecule has 1 aromatic rings. The highest BCUT2D eigenvalue weighted by Crippen LogP contribution is 2.51. The first-order valence-corrected chi connectivity index (χ1v) is 7.55. The van der Waals surface area contributed by atoms with Gasteiger partial charge in [0.05, 0.1) is 6.42 Å². The molecule has 0 unspecified atom stereocenters. The van der Waals surface area contributed by atoms with E-state index in [2.05, 4.69) is 4.98 Å². The van der Waals surface area contributed by atoms with Crippen LogP contribution in [0, 0.1) is 22.5 Å². The third kappa shape index (κ3) is 3.50. The van der Waals surface area contributed by atoms with Crippen LogP contribution in [-0.4, -0.2) is 37.1 Å². The van der Waals surface area contributed by atoms with Gasteiger partial charge in [0.2, 0.25) is 0 Å². The summed E-state index contributed by atoms with van der Waals surface area (Å²) in [7, 11) is 0. The highest BCUT2D eigenvalue weighted by molar-refractivity contribution is 7.99. The van der Waals surface area contributed by atoms with Crippen molar-refractivity contribution in [1.29, 1.82) is 0 Å². The Balaban J connectivity index is 1.81. The van der Waals surface area contributed by atoms with E-state index in [9.17, 15) is 14.9 Å². The fraction of sp³-hybridized carbons (Fsp3) is 0.667. The second-order valence-electron chi connectivity index (χ2n) is 5.20. The fourth-order valence-electron chi connectivity index (χ4n) is 2.19. The van der Waals surface area contributed by atoms with Crippen molar-refractivity contribution in [3.8, 4) is 0 Å². The van der Waals surface area contributed by atoms with Crippen molar-refractivity contribution >= 4 is 23.5 Å². The number of carboxylic acids is 1. The molecule has 1 N–H and O–H groups in total. The zero-order chi connectivity index (χ0) is 14.8. The maximum Gasteiger partial charge on any atom is 0.342 e. The molecule has 0 atom stereocenters. The molecule has 1 aromatic heterocycles. The third-order valence-electron chi connectivity index (χ3n) is 3.57. The average molecular weight is 299 g/mol. The molecule has 0 amide bonds. The predicted octanol–water partition coefficient (Wildman–Crippen LogP) is 2.09. The smallest absolute Gasteiger partial charge is 0.342 e. The van der Waals surface area contributed by atoms with Crippen LogP contribution >= 0.6 is 11.8 Å². The van der Waals surface area contributed by atoms with Gasteiger partial charge in [0, 0.05) is 12.7 Å². The minimum absolute atomic E-state index is 0.00905. The number of rotatable bonds is 8. The Kier molecular flexibility index (Phi) is 4.32. The van der Waals surface area contributed by atoms with Crippen LogP contribution < -0.4 is 0 Å². The second-order valence-corrected chi connectivity index (χ2v) is 6.30. The highest BCUT2D eigenvalue weighted by Gasteiger charge is 2.44. The molecular weight excluding hydrogens is 282 g/mol. The van der Waals surface area contributed by atoms with Crippen LogP contribution in [0.4, 0.5) is 5.82 Å². The Morgan fingerprint density at radius 2 is 2.35 bits per heavy atom. The van der Waals surface area contributed by atoms with Gasteiger partial charge in [0.25, 0.3) is 0 Å². The fourth-order valence-corrected chi connectivity index (χ4v) is 3.47. The number of aryl methyl sites for hydroxylation is 1. The van der Waals surface area contributed by atoms with E-state index in [0.29, 0.717) is 12.4 Å². The first kappa shape index (κ1) is 14.8. The standard InChI is InChI=1S/C12H17N3O4S/c1-9-13-7-10(15(18)19)14(9)4-5-20-8-12(2-3-12)6-11(16)17/h7H,2-6,8H2,1H3,(H,16,17). The molecule has 1 saturated carbocycles. The van der Waals surface area contributed by atoms with Crippen LogP contribution in [0.5, 0.6) is 0 Å². The van der Waals surface area contributed by atoms with E-state index >= 15 is 0 Å². The largest absolute Gasteiger partial charge is 0.481 e. The minimum atomic E-state index is -0.746. The number of aromatic nitrogens is 2. The summed E-state index contributed by atoms with van der Waals surface area (Å²) < 4.78 is 1.59. The molecule has 20 heavy (non-hydrogen) atoms. The van der Waals surface area contributed by atoms with Crippen LogP contribution in [-0.2, 0) is 11.3 Å². The van der Waals surface area contributed by atoms with Crippen molar-refractivity contribution in [2.24, 2.45) is 5.41 Å². The highest BCUT2D eigenvalue weighted by atomic mass is 32.2. The molecule has 0 saturated heterocycles. The molecular formula is C12H17N3O4S. The lowest BCUT2D eigenvalue weighted by atomic mass is 10.1. The number of nitrogens with zero attached hydrogens (tertiary/aromatic N) is 3. The number of carboxylic acid groups (broad SMARTS) is 1. The van der Waals surface area contributed by atoms with Crippen LogP contribution in [0.25, 0.3) is 0 Å². The zero-order valence-corrected chi connectivity index (χ0v) is 12.1. The SMILES string of the molecule is Cc1ncc([N+](=O)[O-])n1CCSCC1(CC(=O)O)CC1. The number of thioether (sulfide) groups is 1. The molecule has 8 heteroatoms. The van der Waals surface area contributed by atoms with Gasteiger partial charge in [-0.1, -0.05) is 0 Å². The van der Waals surface area contributed by atoms with Crippen molar-refractivity contribution in [2.45, 2.75) is 32.7 Å². The van der Waals surface area contributed by atoms with Crippen molar-refractivity contribution in [1.82, 2.24) is 9.55 Å². The summed E-state index contributed by atoms with van der Waals surface area (Å²) in [4.78, 5) is 25.1. The van der Waals surface area contributed by atoms with Crippen LogP contribution in [0.2, 0.25) is 0 Å². The molecule has 0 radical (unpaired) electrons. The maximum absolute atomic E-state index is 10.8. The summed E-state index contributed by atoms with van der Waals surface area (Å²) in [6, 6.07) is 0. The van der Waals surface area contributed by atoms with Gasteiger partial charge in [-0.05, 0) is 28.9 Å². The van der Waals surface area contributed by atoms with Gasteiger partial charge in [-0.2, -0.15) is 11.8 Å². The molecule has 1 fully saturated rings. The Morgan fingerprint density at radius 3 is 2.90 bits per heavy atom. The van der Waals surface area contributed by atoms with Gasteiger partial charge in [-0.15, -0.1) is 0 Å². The summed E-state index contributed by atoms with van der Waals surface area (Å²) in [6.07, 6.45) is 3.43. The first-order chi connectivity index (χ1) is 9.43. The number of nitro groups is 1. The molecule has 0 spiro atoms. The van der Waals surface area contributed by atoms with Gasteiger partial charge in [-0.3, -0.25) is 4.79 Å². The molecule has 1 heterocycles. The quantitative estimate of drug-likeness (QED) is 0.448. The zero-order valence-electron chi connectivity index (χ0n) is 11.2. The van der Waals surface area contributed by atoms with Crippen molar-refractivity contribution in [2.75, 3.05) is 11.5 Å². The van der Waals surface area contributed by atoms with Gasteiger partial charge in [0.1, 0.15) is 12.7 Å². The summed E-state index contributed by atoms with van der Waals surface area (Å²) in [5.74, 6) is 1.42. The monoisotopic (exact) mass is 299 g/mol. The maximum atomic E-state index is 10.8. The van der Waals surface area contributed by atoms with E-state index in [0.717, 1.165) is 24.3 Å². The Bertz CT molecular complexity index is 525. The topological polar surface area (TPSA) is 98.3 Å². The van der Waals surface area contributed by atoms with E-state index in [-0.39, 0.29) is 17.7 Å². The van der Waals surface area contributed by atoms with Gasteiger partial charge < -0.3 is 15.2 Å². The molecule has 1 aliphatic carbocycles. The predicted molar refractivity (Wildman–Crippen MR) is 74.9 cm³/mol. The number of imidazole rings is 1. The van der Waals surface area contributed by atoms with E-state index < -0.39 is 10.9 Å². The third-order valence-corrected chi connectivity index (χ3v) is 4.86. The average Bonchev–Trinajstić information content (AvgIpc) is 2.99. The summed E-state index contributed by atoms with van der Waals surface area (Å²) >= 11 is 1.66. The van der Waals surface area contributed by atoms with E-state index in [1.54, 1.807) is 23.3 Å². The van der Waals surface area contributed by atoms with Gasteiger partial charge in [-0.25, -0.2) is 9.55 Å².